The molecule has 0 aliphatic rings. The third-order valence-corrected chi connectivity index (χ3v) is 3.18. The standard InChI is InChI=1S/C14H10BrFN2O/c1-9-5-10(6-15)8-18-14(9)19-13-4-2-3-12(16)11(13)7-17/h2-5,8H,6H2,1H3. The monoisotopic (exact) mass is 320 g/mol. The number of ether oxygens (including phenoxy) is 1. The van der Waals surface area contributed by atoms with Crippen LogP contribution >= 0.6 is 15.9 Å². The lowest BCUT2D eigenvalue weighted by atomic mass is 10.2. The van der Waals surface area contributed by atoms with Crippen molar-refractivity contribution < 1.29 is 9.13 Å². The first kappa shape index (κ1) is 13.5. The van der Waals surface area contributed by atoms with Crippen molar-refractivity contribution >= 4 is 15.9 Å². The highest BCUT2D eigenvalue weighted by molar-refractivity contribution is 9.08. The number of hydrogen-bond donors (Lipinski definition) is 0. The fourth-order valence-corrected chi connectivity index (χ4v) is 1.91. The maximum absolute atomic E-state index is 13.4. The molecule has 0 unspecified atom stereocenters. The summed E-state index contributed by atoms with van der Waals surface area (Å²) in [7, 11) is 0. The highest BCUT2D eigenvalue weighted by Crippen LogP contribution is 2.27. The molecule has 0 atom stereocenters. The van der Waals surface area contributed by atoms with Gasteiger partial charge < -0.3 is 4.74 Å². The van der Waals surface area contributed by atoms with Gasteiger partial charge in [0.05, 0.1) is 0 Å². The van der Waals surface area contributed by atoms with Gasteiger partial charge in [-0.1, -0.05) is 22.0 Å². The molecule has 1 heterocycles. The van der Waals surface area contributed by atoms with E-state index in [2.05, 4.69) is 20.9 Å². The van der Waals surface area contributed by atoms with Gasteiger partial charge in [-0.3, -0.25) is 0 Å². The number of aromatic nitrogens is 1. The van der Waals surface area contributed by atoms with Crippen LogP contribution < -0.4 is 4.74 Å². The van der Waals surface area contributed by atoms with Crippen LogP contribution in [0.3, 0.4) is 0 Å². The Labute approximate surface area is 118 Å². The highest BCUT2D eigenvalue weighted by Gasteiger charge is 2.11. The molecule has 0 bridgehead atoms. The Morgan fingerprint density at radius 2 is 2.26 bits per heavy atom. The van der Waals surface area contributed by atoms with Gasteiger partial charge in [0, 0.05) is 17.1 Å². The van der Waals surface area contributed by atoms with Gasteiger partial charge >= 0.3 is 0 Å². The van der Waals surface area contributed by atoms with Gasteiger partial charge in [-0.05, 0) is 30.7 Å². The molecular weight excluding hydrogens is 311 g/mol. The topological polar surface area (TPSA) is 45.9 Å². The summed E-state index contributed by atoms with van der Waals surface area (Å²) in [5.74, 6) is -0.0637. The Hall–Kier alpha value is -1.93. The Kier molecular flexibility index (Phi) is 4.13. The maximum atomic E-state index is 13.4. The molecule has 0 fully saturated rings. The fourth-order valence-electron chi connectivity index (χ4n) is 1.60. The summed E-state index contributed by atoms with van der Waals surface area (Å²) in [6.45, 7) is 1.85. The Morgan fingerprint density at radius 1 is 1.47 bits per heavy atom. The van der Waals surface area contributed by atoms with E-state index in [1.54, 1.807) is 18.3 Å². The summed E-state index contributed by atoms with van der Waals surface area (Å²) in [6, 6.07) is 7.97. The number of nitriles is 1. The number of hydrogen-bond acceptors (Lipinski definition) is 3. The van der Waals surface area contributed by atoms with E-state index in [1.165, 1.54) is 12.1 Å². The number of halogens is 2. The van der Waals surface area contributed by atoms with Crippen LogP contribution in [0.1, 0.15) is 16.7 Å². The van der Waals surface area contributed by atoms with Crippen LogP contribution in [0.2, 0.25) is 0 Å². The molecule has 0 amide bonds. The molecule has 1 aromatic carbocycles. The number of benzene rings is 1. The van der Waals surface area contributed by atoms with Gasteiger partial charge in [0.2, 0.25) is 5.88 Å². The molecule has 0 spiro atoms. The lowest BCUT2D eigenvalue weighted by Gasteiger charge is -2.09. The molecule has 0 saturated heterocycles. The van der Waals surface area contributed by atoms with E-state index < -0.39 is 5.82 Å². The molecule has 0 aliphatic heterocycles. The first-order valence-electron chi connectivity index (χ1n) is 5.53. The highest BCUT2D eigenvalue weighted by atomic mass is 79.9. The van der Waals surface area contributed by atoms with Crippen LogP contribution in [0.15, 0.2) is 30.5 Å². The fraction of sp³-hybridized carbons (Fsp3) is 0.143. The third kappa shape index (κ3) is 2.91. The van der Waals surface area contributed by atoms with E-state index in [4.69, 9.17) is 10.00 Å². The average Bonchev–Trinajstić information content (AvgIpc) is 2.41. The summed E-state index contributed by atoms with van der Waals surface area (Å²) in [4.78, 5) is 4.17. The predicted octanol–water partition coefficient (Wildman–Crippen LogP) is 4.09. The minimum Gasteiger partial charge on any atom is -0.437 e. The molecule has 1 aromatic heterocycles. The molecular formula is C14H10BrFN2O. The van der Waals surface area contributed by atoms with Gasteiger partial charge in [-0.25, -0.2) is 9.37 Å². The second-order valence-electron chi connectivity index (χ2n) is 3.93. The molecule has 3 nitrogen and oxygen atoms in total. The van der Waals surface area contributed by atoms with Crippen LogP contribution in [0.5, 0.6) is 11.6 Å². The number of aryl methyl sites for hydroxylation is 1. The van der Waals surface area contributed by atoms with Crippen LogP contribution in [0, 0.1) is 24.1 Å². The zero-order valence-corrected chi connectivity index (χ0v) is 11.7. The normalized spacial score (nSPS) is 10.0. The lowest BCUT2D eigenvalue weighted by Crippen LogP contribution is -1.96. The van der Waals surface area contributed by atoms with Gasteiger partial charge in [-0.2, -0.15) is 5.26 Å². The summed E-state index contributed by atoms with van der Waals surface area (Å²) >= 11 is 3.34. The average molecular weight is 321 g/mol. The van der Waals surface area contributed by atoms with Gasteiger partial charge in [0.15, 0.2) is 0 Å². The molecule has 0 saturated carbocycles. The zero-order chi connectivity index (χ0) is 13.8. The predicted molar refractivity (Wildman–Crippen MR) is 72.8 cm³/mol. The number of pyridine rings is 1. The van der Waals surface area contributed by atoms with Crippen LogP contribution in [-0.4, -0.2) is 4.98 Å². The number of alkyl halides is 1. The smallest absolute Gasteiger partial charge is 0.222 e. The molecule has 2 aromatic rings. The SMILES string of the molecule is Cc1cc(CBr)cnc1Oc1cccc(F)c1C#N. The van der Waals surface area contributed by atoms with Crippen molar-refractivity contribution in [1.29, 1.82) is 5.26 Å². The van der Waals surface area contributed by atoms with Crippen molar-refractivity contribution in [2.75, 3.05) is 0 Å². The second kappa shape index (κ2) is 5.81. The van der Waals surface area contributed by atoms with Crippen LogP contribution in [0.25, 0.3) is 0 Å². The molecule has 96 valence electrons. The van der Waals surface area contributed by atoms with Crippen molar-refractivity contribution in [2.24, 2.45) is 0 Å². The molecule has 0 aliphatic carbocycles. The van der Waals surface area contributed by atoms with E-state index >= 15 is 0 Å². The minimum atomic E-state index is -0.602. The largest absolute Gasteiger partial charge is 0.437 e. The molecule has 2 rings (SSSR count). The summed E-state index contributed by atoms with van der Waals surface area (Å²) < 4.78 is 19.0. The van der Waals surface area contributed by atoms with Crippen molar-refractivity contribution in [3.8, 4) is 17.7 Å². The van der Waals surface area contributed by atoms with Crippen molar-refractivity contribution in [3.63, 3.8) is 0 Å². The van der Waals surface area contributed by atoms with E-state index in [1.807, 2.05) is 13.0 Å². The Morgan fingerprint density at radius 3 is 2.89 bits per heavy atom. The second-order valence-corrected chi connectivity index (χ2v) is 4.49. The van der Waals surface area contributed by atoms with Crippen molar-refractivity contribution in [2.45, 2.75) is 12.3 Å². The minimum absolute atomic E-state index is 0.117. The van der Waals surface area contributed by atoms with Crippen LogP contribution in [-0.2, 0) is 5.33 Å². The molecule has 0 N–H and O–H groups in total. The summed E-state index contributed by atoms with van der Waals surface area (Å²) in [5, 5.41) is 9.63. The molecule has 0 radical (unpaired) electrons. The van der Waals surface area contributed by atoms with E-state index in [0.29, 0.717) is 11.2 Å². The van der Waals surface area contributed by atoms with Crippen molar-refractivity contribution in [1.82, 2.24) is 4.98 Å². The van der Waals surface area contributed by atoms with Gasteiger partial charge in [0.1, 0.15) is 23.2 Å². The summed E-state index contributed by atoms with van der Waals surface area (Å²) in [6.07, 6.45) is 1.67. The van der Waals surface area contributed by atoms with Crippen molar-refractivity contribution in [3.05, 3.63) is 53.0 Å². The number of nitrogens with zero attached hydrogens (tertiary/aromatic N) is 2. The van der Waals surface area contributed by atoms with Gasteiger partial charge in [-0.15, -0.1) is 0 Å². The Bertz CT molecular complexity index is 652. The first-order chi connectivity index (χ1) is 9.15. The van der Waals surface area contributed by atoms with E-state index in [0.717, 1.165) is 11.1 Å². The van der Waals surface area contributed by atoms with E-state index in [-0.39, 0.29) is 11.3 Å². The zero-order valence-electron chi connectivity index (χ0n) is 10.2. The third-order valence-electron chi connectivity index (χ3n) is 2.53. The quantitative estimate of drug-likeness (QED) is 0.800. The van der Waals surface area contributed by atoms with E-state index in [9.17, 15) is 4.39 Å². The molecule has 5 heteroatoms. The maximum Gasteiger partial charge on any atom is 0.222 e. The number of rotatable bonds is 3. The molecule has 19 heavy (non-hydrogen) atoms. The lowest BCUT2D eigenvalue weighted by molar-refractivity contribution is 0.452. The Balaban J connectivity index is 2.37. The van der Waals surface area contributed by atoms with Crippen LogP contribution in [0.4, 0.5) is 4.39 Å². The van der Waals surface area contributed by atoms with Gasteiger partial charge in [0.25, 0.3) is 0 Å². The summed E-state index contributed by atoms with van der Waals surface area (Å²) in [5.41, 5.74) is 1.72. The first-order valence-corrected chi connectivity index (χ1v) is 6.65.